The first kappa shape index (κ1) is 13.2. The fourth-order valence-corrected chi connectivity index (χ4v) is 3.69. The van der Waals surface area contributed by atoms with Gasteiger partial charge in [0.25, 0.3) is 0 Å². The average Bonchev–Trinajstić information content (AvgIpc) is 3.02. The molecule has 0 aromatic carbocycles. The lowest BCUT2D eigenvalue weighted by molar-refractivity contribution is 0.561. The molecule has 20 heavy (non-hydrogen) atoms. The van der Waals surface area contributed by atoms with Crippen molar-refractivity contribution in [3.05, 3.63) is 22.2 Å². The third kappa shape index (κ3) is 2.43. The van der Waals surface area contributed by atoms with Crippen LogP contribution in [0.25, 0.3) is 5.65 Å². The normalized spacial score (nSPS) is 22.2. The summed E-state index contributed by atoms with van der Waals surface area (Å²) in [6.45, 7) is 2.28. The van der Waals surface area contributed by atoms with Crippen molar-refractivity contribution in [2.24, 2.45) is 11.8 Å². The van der Waals surface area contributed by atoms with Crippen LogP contribution in [0.15, 0.2) is 16.1 Å². The molecule has 2 atom stereocenters. The molecule has 1 N–H and O–H groups in total. The van der Waals surface area contributed by atoms with Gasteiger partial charge in [-0.05, 0) is 24.7 Å². The Morgan fingerprint density at radius 1 is 1.60 bits per heavy atom. The quantitative estimate of drug-likeness (QED) is 0.871. The lowest BCUT2D eigenvalue weighted by Gasteiger charge is -2.08. The molecule has 1 saturated carbocycles. The van der Waals surface area contributed by atoms with E-state index in [4.69, 9.17) is 5.26 Å². The molecule has 0 amide bonds. The van der Waals surface area contributed by atoms with Gasteiger partial charge in [0.05, 0.1) is 6.20 Å². The van der Waals surface area contributed by atoms with E-state index in [1.165, 1.54) is 25.5 Å². The summed E-state index contributed by atoms with van der Waals surface area (Å²) in [4.78, 5) is 18.9. The van der Waals surface area contributed by atoms with Gasteiger partial charge in [0, 0.05) is 5.75 Å². The minimum absolute atomic E-state index is 0.326. The molecule has 3 rings (SSSR count). The lowest BCUT2D eigenvalue weighted by Crippen LogP contribution is -2.19. The molecule has 1 aliphatic carbocycles. The minimum atomic E-state index is -0.348. The van der Waals surface area contributed by atoms with E-state index in [-0.39, 0.29) is 5.69 Å². The maximum absolute atomic E-state index is 11.9. The Bertz CT molecular complexity index is 728. The van der Waals surface area contributed by atoms with E-state index in [2.05, 4.69) is 22.0 Å². The summed E-state index contributed by atoms with van der Waals surface area (Å²) in [6.07, 6.45) is 5.15. The molecule has 7 heteroatoms. The molecular formula is C13H15N5OS. The highest BCUT2D eigenvalue weighted by Crippen LogP contribution is 2.33. The van der Waals surface area contributed by atoms with Crippen LogP contribution in [0.3, 0.4) is 0 Å². The highest BCUT2D eigenvalue weighted by atomic mass is 32.2. The van der Waals surface area contributed by atoms with Crippen LogP contribution in [0.2, 0.25) is 0 Å². The van der Waals surface area contributed by atoms with Crippen molar-refractivity contribution in [3.63, 3.8) is 0 Å². The zero-order valence-electron chi connectivity index (χ0n) is 11.2. The second-order valence-corrected chi connectivity index (χ2v) is 6.36. The Balaban J connectivity index is 1.81. The molecular weight excluding hydrogens is 274 g/mol. The zero-order valence-corrected chi connectivity index (χ0v) is 12.0. The molecule has 0 bridgehead atoms. The lowest BCUT2D eigenvalue weighted by atomic mass is 10.1. The van der Waals surface area contributed by atoms with Crippen molar-refractivity contribution in [1.29, 1.82) is 5.26 Å². The molecule has 2 aromatic rings. The SMILES string of the molecule is CC1CCC(CSc2nc3c(C#N)cnn3c(=O)[nH]2)C1. The van der Waals surface area contributed by atoms with Crippen molar-refractivity contribution in [2.45, 2.75) is 31.3 Å². The van der Waals surface area contributed by atoms with Gasteiger partial charge in [-0.2, -0.15) is 14.9 Å². The number of hydrogen-bond acceptors (Lipinski definition) is 5. The first-order chi connectivity index (χ1) is 9.67. The summed E-state index contributed by atoms with van der Waals surface area (Å²) in [5.74, 6) is 2.45. The number of aromatic amines is 1. The van der Waals surface area contributed by atoms with Crippen LogP contribution in [0.5, 0.6) is 0 Å². The Labute approximate surface area is 120 Å². The number of nitrogens with one attached hydrogen (secondary N) is 1. The van der Waals surface area contributed by atoms with Gasteiger partial charge >= 0.3 is 5.69 Å². The number of rotatable bonds is 3. The van der Waals surface area contributed by atoms with Crippen LogP contribution in [-0.2, 0) is 0 Å². The minimum Gasteiger partial charge on any atom is -0.285 e. The van der Waals surface area contributed by atoms with Crippen LogP contribution in [0.4, 0.5) is 0 Å². The van der Waals surface area contributed by atoms with Gasteiger partial charge in [-0.1, -0.05) is 25.1 Å². The number of H-pyrrole nitrogens is 1. The molecule has 2 heterocycles. The summed E-state index contributed by atoms with van der Waals surface area (Å²) in [5, 5.41) is 13.4. The van der Waals surface area contributed by atoms with Gasteiger partial charge in [-0.25, -0.2) is 9.78 Å². The molecule has 0 aliphatic heterocycles. The predicted molar refractivity (Wildman–Crippen MR) is 75.6 cm³/mol. The first-order valence-corrected chi connectivity index (χ1v) is 7.67. The fraction of sp³-hybridized carbons (Fsp3) is 0.538. The van der Waals surface area contributed by atoms with Crippen molar-refractivity contribution >= 4 is 17.4 Å². The number of aromatic nitrogens is 4. The number of nitriles is 1. The van der Waals surface area contributed by atoms with E-state index in [1.807, 2.05) is 6.07 Å². The van der Waals surface area contributed by atoms with E-state index in [1.54, 1.807) is 11.8 Å². The van der Waals surface area contributed by atoms with Crippen LogP contribution in [0.1, 0.15) is 31.7 Å². The molecule has 2 unspecified atom stereocenters. The molecule has 6 nitrogen and oxygen atoms in total. The van der Waals surface area contributed by atoms with E-state index in [9.17, 15) is 4.79 Å². The fourth-order valence-electron chi connectivity index (χ4n) is 2.69. The van der Waals surface area contributed by atoms with Gasteiger partial charge < -0.3 is 0 Å². The van der Waals surface area contributed by atoms with Gasteiger partial charge in [0.15, 0.2) is 10.8 Å². The molecule has 0 radical (unpaired) electrons. The van der Waals surface area contributed by atoms with E-state index in [0.29, 0.717) is 22.3 Å². The number of fused-ring (bicyclic) bond motifs is 1. The van der Waals surface area contributed by atoms with Crippen molar-refractivity contribution in [3.8, 4) is 6.07 Å². The Kier molecular flexibility index (Phi) is 3.49. The van der Waals surface area contributed by atoms with Gasteiger partial charge in [0.2, 0.25) is 0 Å². The average molecular weight is 289 g/mol. The Morgan fingerprint density at radius 2 is 2.45 bits per heavy atom. The molecule has 104 valence electrons. The number of thioether (sulfide) groups is 1. The van der Waals surface area contributed by atoms with Crippen LogP contribution < -0.4 is 5.69 Å². The van der Waals surface area contributed by atoms with Crippen molar-refractivity contribution in [1.82, 2.24) is 19.6 Å². The third-order valence-corrected chi connectivity index (χ3v) is 4.84. The zero-order chi connectivity index (χ0) is 14.1. The highest BCUT2D eigenvalue weighted by molar-refractivity contribution is 7.99. The third-order valence-electron chi connectivity index (χ3n) is 3.74. The van der Waals surface area contributed by atoms with Crippen LogP contribution in [0, 0.1) is 23.2 Å². The smallest absolute Gasteiger partial charge is 0.285 e. The summed E-state index contributed by atoms with van der Waals surface area (Å²) in [7, 11) is 0. The summed E-state index contributed by atoms with van der Waals surface area (Å²) in [5.41, 5.74) is 0.310. The van der Waals surface area contributed by atoms with E-state index >= 15 is 0 Å². The second kappa shape index (κ2) is 5.29. The predicted octanol–water partition coefficient (Wildman–Crippen LogP) is 1.82. The van der Waals surface area contributed by atoms with Crippen molar-refractivity contribution in [2.75, 3.05) is 5.75 Å². The maximum Gasteiger partial charge on any atom is 0.350 e. The molecule has 0 saturated heterocycles. The van der Waals surface area contributed by atoms with Crippen LogP contribution >= 0.6 is 11.8 Å². The Hall–Kier alpha value is -1.81. The van der Waals surface area contributed by atoms with Crippen molar-refractivity contribution < 1.29 is 0 Å². The topological polar surface area (TPSA) is 86.8 Å². The molecule has 2 aromatic heterocycles. The number of hydrogen-bond donors (Lipinski definition) is 1. The van der Waals surface area contributed by atoms with Gasteiger partial charge in [0.1, 0.15) is 11.6 Å². The summed E-state index contributed by atoms with van der Waals surface area (Å²) >= 11 is 1.55. The molecule has 0 spiro atoms. The largest absolute Gasteiger partial charge is 0.350 e. The van der Waals surface area contributed by atoms with Gasteiger partial charge in [-0.15, -0.1) is 0 Å². The first-order valence-electron chi connectivity index (χ1n) is 6.68. The van der Waals surface area contributed by atoms with Gasteiger partial charge in [-0.3, -0.25) is 4.98 Å². The van der Waals surface area contributed by atoms with Crippen LogP contribution in [-0.4, -0.2) is 25.3 Å². The highest BCUT2D eigenvalue weighted by Gasteiger charge is 2.21. The standard InChI is InChI=1S/C13H15N5OS/c1-8-2-3-9(4-8)7-20-12-16-11-10(5-14)6-15-18(11)13(19)17-12/h6,8-9H,2-4,7H2,1H3,(H,16,17,19). The van der Waals surface area contributed by atoms with E-state index < -0.39 is 0 Å². The summed E-state index contributed by atoms with van der Waals surface area (Å²) < 4.78 is 1.13. The molecule has 1 fully saturated rings. The Morgan fingerprint density at radius 3 is 3.15 bits per heavy atom. The molecule has 1 aliphatic rings. The number of nitrogens with zero attached hydrogens (tertiary/aromatic N) is 4. The summed E-state index contributed by atoms with van der Waals surface area (Å²) in [6, 6.07) is 2.00. The van der Waals surface area contributed by atoms with E-state index in [0.717, 1.165) is 16.2 Å². The second-order valence-electron chi connectivity index (χ2n) is 5.35. The maximum atomic E-state index is 11.9. The monoisotopic (exact) mass is 289 g/mol.